The molecule has 0 bridgehead atoms. The molecule has 2 aliphatic rings. The summed E-state index contributed by atoms with van der Waals surface area (Å²) in [4.78, 5) is 13.3. The highest BCUT2D eigenvalue weighted by Gasteiger charge is 2.24. The molecule has 1 aromatic carbocycles. The fraction of sp³-hybridized carbons (Fsp3) is 0.250. The number of rotatable bonds is 4. The van der Waals surface area contributed by atoms with Crippen molar-refractivity contribution in [2.24, 2.45) is 0 Å². The van der Waals surface area contributed by atoms with Crippen LogP contribution in [0.4, 0.5) is 5.95 Å². The lowest BCUT2D eigenvalue weighted by molar-refractivity contribution is 0.888. The molecule has 0 amide bonds. The number of hydrogen-bond donors (Lipinski definition) is 0. The van der Waals surface area contributed by atoms with Gasteiger partial charge in [-0.25, -0.2) is 9.97 Å². The summed E-state index contributed by atoms with van der Waals surface area (Å²) in [5.74, 6) is 2.01. The van der Waals surface area contributed by atoms with E-state index in [0.717, 1.165) is 41.9 Å². The molecule has 1 aliphatic heterocycles. The van der Waals surface area contributed by atoms with E-state index in [1.807, 2.05) is 0 Å². The van der Waals surface area contributed by atoms with Crippen LogP contribution in [-0.4, -0.2) is 29.3 Å². The molecular formula is C20H20N3S. The summed E-state index contributed by atoms with van der Waals surface area (Å²) in [5, 5.41) is 0. The molecule has 1 aliphatic carbocycles. The lowest BCUT2D eigenvalue weighted by Crippen LogP contribution is -2.21. The Bertz CT molecular complexity index is 652. The molecule has 2 aromatic rings. The van der Waals surface area contributed by atoms with Crippen LogP contribution in [0.2, 0.25) is 0 Å². The van der Waals surface area contributed by atoms with Crippen molar-refractivity contribution in [1.29, 1.82) is 0 Å². The van der Waals surface area contributed by atoms with E-state index in [-0.39, 0.29) is 0 Å². The standard InChI is InChI=1S/C20H20N3S/c1-24-17-10-8-16(9-11-17)19-14-18(15-6-2-3-7-15)21-20(22-19)23-12-4-5-13-23/h2-3,6-11,14H,4-5,12-13H2,1H3. The van der Waals surface area contributed by atoms with Crippen molar-refractivity contribution in [1.82, 2.24) is 9.97 Å². The molecule has 3 nitrogen and oxygen atoms in total. The van der Waals surface area contributed by atoms with E-state index in [1.165, 1.54) is 17.7 Å². The van der Waals surface area contributed by atoms with Crippen LogP contribution in [0.3, 0.4) is 0 Å². The summed E-state index contributed by atoms with van der Waals surface area (Å²) in [6, 6.07) is 10.7. The number of nitrogens with zero attached hydrogens (tertiary/aromatic N) is 3. The quantitative estimate of drug-likeness (QED) is 0.783. The summed E-state index contributed by atoms with van der Waals surface area (Å²) in [7, 11) is 0. The van der Waals surface area contributed by atoms with Crippen molar-refractivity contribution < 1.29 is 0 Å². The van der Waals surface area contributed by atoms with E-state index in [1.54, 1.807) is 11.8 Å². The molecule has 1 saturated heterocycles. The van der Waals surface area contributed by atoms with Gasteiger partial charge in [0.25, 0.3) is 0 Å². The topological polar surface area (TPSA) is 29.0 Å². The Balaban J connectivity index is 1.73. The maximum atomic E-state index is 4.86. The lowest BCUT2D eigenvalue weighted by atomic mass is 10.0. The van der Waals surface area contributed by atoms with Gasteiger partial charge in [0.15, 0.2) is 0 Å². The Kier molecular flexibility index (Phi) is 4.74. The summed E-state index contributed by atoms with van der Waals surface area (Å²) >= 11 is 1.76. The van der Waals surface area contributed by atoms with Crippen LogP contribution >= 0.6 is 11.8 Å². The third-order valence-electron chi connectivity index (χ3n) is 4.45. The molecule has 4 rings (SSSR count). The van der Waals surface area contributed by atoms with Crippen molar-refractivity contribution in [3.63, 3.8) is 0 Å². The molecule has 0 spiro atoms. The average molecular weight is 334 g/mol. The van der Waals surface area contributed by atoms with Gasteiger partial charge in [-0.15, -0.1) is 11.8 Å². The summed E-state index contributed by atoms with van der Waals surface area (Å²) in [5.41, 5.74) is 3.14. The lowest BCUT2D eigenvalue weighted by Gasteiger charge is -2.19. The zero-order valence-corrected chi connectivity index (χ0v) is 14.6. The zero-order valence-electron chi connectivity index (χ0n) is 13.8. The van der Waals surface area contributed by atoms with Gasteiger partial charge in [-0.3, -0.25) is 0 Å². The number of anilines is 1. The molecule has 2 fully saturated rings. The second-order valence-electron chi connectivity index (χ2n) is 6.03. The minimum absolute atomic E-state index is 0.857. The van der Waals surface area contributed by atoms with Gasteiger partial charge in [0.05, 0.1) is 11.4 Å². The van der Waals surface area contributed by atoms with Crippen molar-refractivity contribution in [3.05, 3.63) is 67.6 Å². The highest BCUT2D eigenvalue weighted by Crippen LogP contribution is 2.33. The minimum Gasteiger partial charge on any atom is -0.341 e. The Morgan fingerprint density at radius 1 is 0.917 bits per heavy atom. The monoisotopic (exact) mass is 334 g/mol. The van der Waals surface area contributed by atoms with E-state index in [2.05, 4.69) is 67.2 Å². The van der Waals surface area contributed by atoms with Crippen molar-refractivity contribution in [2.75, 3.05) is 24.2 Å². The van der Waals surface area contributed by atoms with Crippen molar-refractivity contribution in [3.8, 4) is 11.3 Å². The van der Waals surface area contributed by atoms with Crippen LogP contribution in [-0.2, 0) is 0 Å². The molecule has 0 atom stereocenters. The average Bonchev–Trinajstić information content (AvgIpc) is 3.35. The third-order valence-corrected chi connectivity index (χ3v) is 5.19. The van der Waals surface area contributed by atoms with Crippen LogP contribution in [0.1, 0.15) is 18.5 Å². The van der Waals surface area contributed by atoms with E-state index < -0.39 is 0 Å². The third kappa shape index (κ3) is 3.30. The predicted octanol–water partition coefficient (Wildman–Crippen LogP) is 4.22. The maximum Gasteiger partial charge on any atom is 0.226 e. The van der Waals surface area contributed by atoms with Gasteiger partial charge in [-0.1, -0.05) is 12.1 Å². The Labute approximate surface area is 148 Å². The van der Waals surface area contributed by atoms with Crippen molar-refractivity contribution in [2.45, 2.75) is 17.7 Å². The normalized spacial score (nSPS) is 18.5. The number of benzene rings is 1. The van der Waals surface area contributed by atoms with Gasteiger partial charge in [0.2, 0.25) is 5.95 Å². The fourth-order valence-corrected chi connectivity index (χ4v) is 3.50. The van der Waals surface area contributed by atoms with Gasteiger partial charge in [0, 0.05) is 29.5 Å². The van der Waals surface area contributed by atoms with Gasteiger partial charge in [-0.05, 0) is 63.0 Å². The predicted molar refractivity (Wildman–Crippen MR) is 100 cm³/mol. The smallest absolute Gasteiger partial charge is 0.226 e. The van der Waals surface area contributed by atoms with Crippen LogP contribution in [0.5, 0.6) is 0 Å². The molecule has 0 unspecified atom stereocenters. The Hall–Kier alpha value is -1.55. The molecule has 0 N–H and O–H groups in total. The zero-order chi connectivity index (χ0) is 16.4. The first kappa shape index (κ1) is 15.9. The van der Waals surface area contributed by atoms with Gasteiger partial charge < -0.3 is 4.90 Å². The fourth-order valence-electron chi connectivity index (χ4n) is 3.10. The molecule has 1 saturated carbocycles. The number of thioether (sulfide) groups is 1. The van der Waals surface area contributed by atoms with E-state index in [9.17, 15) is 0 Å². The minimum atomic E-state index is 0.857. The van der Waals surface area contributed by atoms with Crippen LogP contribution in [0.25, 0.3) is 11.3 Å². The first-order chi connectivity index (χ1) is 11.8. The van der Waals surface area contributed by atoms with E-state index >= 15 is 0 Å². The SMILES string of the molecule is CSc1ccc(-c2cc([C]3[CH][CH][CH][CH]3)nc(N3CCCC3)n2)cc1. The molecule has 24 heavy (non-hydrogen) atoms. The van der Waals surface area contributed by atoms with E-state index in [4.69, 9.17) is 9.97 Å². The van der Waals surface area contributed by atoms with Gasteiger partial charge >= 0.3 is 0 Å². The highest BCUT2D eigenvalue weighted by molar-refractivity contribution is 7.98. The highest BCUT2D eigenvalue weighted by atomic mass is 32.2. The summed E-state index contributed by atoms with van der Waals surface area (Å²) in [6.07, 6.45) is 12.9. The van der Waals surface area contributed by atoms with Gasteiger partial charge in [0.1, 0.15) is 0 Å². The Morgan fingerprint density at radius 2 is 1.58 bits per heavy atom. The summed E-state index contributed by atoms with van der Waals surface area (Å²) < 4.78 is 0. The first-order valence-electron chi connectivity index (χ1n) is 8.34. The molecule has 2 heterocycles. The van der Waals surface area contributed by atoms with E-state index in [0.29, 0.717) is 0 Å². The van der Waals surface area contributed by atoms with Crippen molar-refractivity contribution >= 4 is 17.7 Å². The summed E-state index contributed by atoms with van der Waals surface area (Å²) in [6.45, 7) is 2.10. The molecule has 4 heteroatoms. The number of aromatic nitrogens is 2. The second kappa shape index (κ2) is 7.14. The largest absolute Gasteiger partial charge is 0.341 e. The van der Waals surface area contributed by atoms with Crippen LogP contribution in [0, 0.1) is 31.6 Å². The molecule has 1 aromatic heterocycles. The first-order valence-corrected chi connectivity index (χ1v) is 9.56. The van der Waals surface area contributed by atoms with Crippen LogP contribution < -0.4 is 4.90 Å². The molecule has 5 radical (unpaired) electrons. The molecular weight excluding hydrogens is 314 g/mol. The second-order valence-corrected chi connectivity index (χ2v) is 6.91. The Morgan fingerprint density at radius 3 is 2.25 bits per heavy atom. The molecule has 121 valence electrons. The number of hydrogen-bond acceptors (Lipinski definition) is 4. The van der Waals surface area contributed by atoms with Crippen LogP contribution in [0.15, 0.2) is 35.2 Å². The maximum absolute atomic E-state index is 4.86. The van der Waals surface area contributed by atoms with Gasteiger partial charge in [-0.2, -0.15) is 0 Å².